The quantitative estimate of drug-likeness (QED) is 0.808. The summed E-state index contributed by atoms with van der Waals surface area (Å²) in [6, 6.07) is 6.43. The van der Waals surface area contributed by atoms with Crippen LogP contribution >= 0.6 is 0 Å². The Morgan fingerprint density at radius 2 is 1.75 bits per heavy atom. The monoisotopic (exact) mass is 344 g/mol. The second-order valence-electron chi connectivity index (χ2n) is 5.54. The van der Waals surface area contributed by atoms with Crippen molar-refractivity contribution in [1.29, 1.82) is 0 Å². The lowest BCUT2D eigenvalue weighted by atomic mass is 10.2. The fourth-order valence-electron chi connectivity index (χ4n) is 2.38. The summed E-state index contributed by atoms with van der Waals surface area (Å²) in [6.45, 7) is -0.158. The number of hydrogen-bond acceptors (Lipinski definition) is 3. The van der Waals surface area contributed by atoms with E-state index in [0.717, 1.165) is 25.9 Å². The fourth-order valence-corrected chi connectivity index (χ4v) is 2.38. The van der Waals surface area contributed by atoms with Gasteiger partial charge in [0.1, 0.15) is 6.61 Å². The van der Waals surface area contributed by atoms with Gasteiger partial charge in [-0.25, -0.2) is 0 Å². The van der Waals surface area contributed by atoms with Crippen LogP contribution in [0.1, 0.15) is 29.6 Å². The number of benzene rings is 1. The van der Waals surface area contributed by atoms with Gasteiger partial charge in [-0.3, -0.25) is 9.59 Å². The lowest BCUT2D eigenvalue weighted by molar-refractivity contribution is -0.174. The maximum absolute atomic E-state index is 12.2. The van der Waals surface area contributed by atoms with Crippen molar-refractivity contribution in [3.63, 3.8) is 0 Å². The first-order valence-electron chi connectivity index (χ1n) is 7.69. The van der Waals surface area contributed by atoms with E-state index >= 15 is 0 Å². The number of carbonyl (C=O) groups excluding carboxylic acids is 2. The summed E-state index contributed by atoms with van der Waals surface area (Å²) in [5.74, 6) is -0.485. The minimum absolute atomic E-state index is 0.0362. The normalized spacial score (nSPS) is 14.7. The molecule has 132 valence electrons. The van der Waals surface area contributed by atoms with Gasteiger partial charge in [-0.1, -0.05) is 0 Å². The zero-order chi connectivity index (χ0) is 17.6. The number of nitrogens with zero attached hydrogens (tertiary/aromatic N) is 1. The molecule has 0 radical (unpaired) electrons. The SMILES string of the molecule is O=C(CCOCC(F)(F)F)Nc1ccc(C(=O)N2CCCC2)cc1. The molecule has 1 aromatic rings. The van der Waals surface area contributed by atoms with Gasteiger partial charge in [-0.2, -0.15) is 13.2 Å². The van der Waals surface area contributed by atoms with Gasteiger partial charge < -0.3 is 15.0 Å². The van der Waals surface area contributed by atoms with Crippen LogP contribution < -0.4 is 5.32 Å². The highest BCUT2D eigenvalue weighted by Gasteiger charge is 2.27. The van der Waals surface area contributed by atoms with Crippen molar-refractivity contribution in [3.8, 4) is 0 Å². The summed E-state index contributed by atoms with van der Waals surface area (Å²) < 4.78 is 40.0. The van der Waals surface area contributed by atoms with E-state index in [2.05, 4.69) is 10.1 Å². The van der Waals surface area contributed by atoms with Gasteiger partial charge in [-0.15, -0.1) is 0 Å². The second-order valence-corrected chi connectivity index (χ2v) is 5.54. The third-order valence-corrected chi connectivity index (χ3v) is 3.55. The molecule has 8 heteroatoms. The smallest absolute Gasteiger partial charge is 0.372 e. The van der Waals surface area contributed by atoms with Crippen LogP contribution in [0, 0.1) is 0 Å². The third kappa shape index (κ3) is 5.84. The molecule has 2 rings (SSSR count). The summed E-state index contributed by atoms with van der Waals surface area (Å²) in [4.78, 5) is 25.6. The molecule has 2 amide bonds. The average Bonchev–Trinajstić information content (AvgIpc) is 3.05. The first-order chi connectivity index (χ1) is 11.3. The van der Waals surface area contributed by atoms with Gasteiger partial charge in [-0.05, 0) is 37.1 Å². The molecule has 0 atom stereocenters. The predicted octanol–water partition coefficient (Wildman–Crippen LogP) is 2.83. The molecule has 1 aliphatic rings. The van der Waals surface area contributed by atoms with E-state index in [4.69, 9.17) is 0 Å². The van der Waals surface area contributed by atoms with Crippen molar-refractivity contribution in [3.05, 3.63) is 29.8 Å². The first kappa shape index (κ1) is 18.3. The van der Waals surface area contributed by atoms with Gasteiger partial charge >= 0.3 is 6.18 Å². The molecule has 1 aromatic carbocycles. The highest BCUT2D eigenvalue weighted by molar-refractivity contribution is 5.96. The van der Waals surface area contributed by atoms with Crippen LogP contribution in [-0.4, -0.2) is 49.2 Å². The number of rotatable bonds is 6. The Hall–Kier alpha value is -2.09. The Morgan fingerprint density at radius 3 is 2.33 bits per heavy atom. The standard InChI is InChI=1S/C16H19F3N2O3/c17-16(18,19)11-24-10-7-14(22)20-13-5-3-12(4-6-13)15(23)21-8-1-2-9-21/h3-6H,1-2,7-11H2,(H,20,22). The van der Waals surface area contributed by atoms with Crippen molar-refractivity contribution in [2.45, 2.75) is 25.4 Å². The Morgan fingerprint density at radius 1 is 1.12 bits per heavy atom. The van der Waals surface area contributed by atoms with Crippen LogP contribution in [0.25, 0.3) is 0 Å². The van der Waals surface area contributed by atoms with E-state index in [-0.39, 0.29) is 18.9 Å². The summed E-state index contributed by atoms with van der Waals surface area (Å²) in [5.41, 5.74) is 1.03. The van der Waals surface area contributed by atoms with Crippen LogP contribution in [-0.2, 0) is 9.53 Å². The highest BCUT2D eigenvalue weighted by Crippen LogP contribution is 2.16. The number of carbonyl (C=O) groups is 2. The number of hydrogen-bond donors (Lipinski definition) is 1. The van der Waals surface area contributed by atoms with Gasteiger partial charge in [0, 0.05) is 24.3 Å². The maximum Gasteiger partial charge on any atom is 0.411 e. The van der Waals surface area contributed by atoms with E-state index in [1.165, 1.54) is 0 Å². The number of halogens is 3. The molecular formula is C16H19F3N2O3. The van der Waals surface area contributed by atoms with Gasteiger partial charge in [0.15, 0.2) is 0 Å². The van der Waals surface area contributed by atoms with Crippen LogP contribution in [0.3, 0.4) is 0 Å². The molecule has 1 aliphatic heterocycles. The number of amides is 2. The molecule has 1 heterocycles. The van der Waals surface area contributed by atoms with E-state index in [9.17, 15) is 22.8 Å². The van der Waals surface area contributed by atoms with E-state index in [1.54, 1.807) is 29.2 Å². The van der Waals surface area contributed by atoms with Crippen molar-refractivity contribution in [2.24, 2.45) is 0 Å². The van der Waals surface area contributed by atoms with E-state index < -0.39 is 18.7 Å². The highest BCUT2D eigenvalue weighted by atomic mass is 19.4. The molecule has 0 saturated carbocycles. The Bertz CT molecular complexity index is 567. The maximum atomic E-state index is 12.2. The molecule has 1 saturated heterocycles. The molecule has 24 heavy (non-hydrogen) atoms. The third-order valence-electron chi connectivity index (χ3n) is 3.55. The van der Waals surface area contributed by atoms with Gasteiger partial charge in [0.2, 0.25) is 5.91 Å². The summed E-state index contributed by atoms with van der Waals surface area (Å²) in [5, 5.41) is 2.55. The Labute approximate surface area is 137 Å². The molecule has 1 fully saturated rings. The van der Waals surface area contributed by atoms with Crippen molar-refractivity contribution in [2.75, 3.05) is 31.6 Å². The van der Waals surface area contributed by atoms with Gasteiger partial charge in [0.25, 0.3) is 5.91 Å². The molecule has 0 spiro atoms. The molecule has 0 unspecified atom stereocenters. The number of likely N-dealkylation sites (tertiary alicyclic amines) is 1. The molecule has 5 nitrogen and oxygen atoms in total. The number of nitrogens with one attached hydrogen (secondary N) is 1. The van der Waals surface area contributed by atoms with Crippen molar-refractivity contribution in [1.82, 2.24) is 4.90 Å². The Kier molecular flexibility index (Phi) is 6.19. The number of alkyl halides is 3. The molecular weight excluding hydrogens is 325 g/mol. The van der Waals surface area contributed by atoms with Crippen LogP contribution in [0.2, 0.25) is 0 Å². The number of ether oxygens (including phenoxy) is 1. The molecule has 0 aliphatic carbocycles. The molecule has 0 bridgehead atoms. The van der Waals surface area contributed by atoms with E-state index in [0.29, 0.717) is 11.3 Å². The fraction of sp³-hybridized carbons (Fsp3) is 0.500. The Balaban J connectivity index is 1.76. The van der Waals surface area contributed by atoms with Crippen LogP contribution in [0.4, 0.5) is 18.9 Å². The summed E-state index contributed by atoms with van der Waals surface area (Å²) >= 11 is 0. The zero-order valence-corrected chi connectivity index (χ0v) is 13.1. The van der Waals surface area contributed by atoms with Gasteiger partial charge in [0.05, 0.1) is 13.0 Å². The lowest BCUT2D eigenvalue weighted by Crippen LogP contribution is -2.27. The predicted molar refractivity (Wildman–Crippen MR) is 81.7 cm³/mol. The average molecular weight is 344 g/mol. The van der Waals surface area contributed by atoms with Crippen LogP contribution in [0.5, 0.6) is 0 Å². The first-order valence-corrected chi connectivity index (χ1v) is 7.69. The van der Waals surface area contributed by atoms with Crippen molar-refractivity contribution >= 4 is 17.5 Å². The summed E-state index contributed by atoms with van der Waals surface area (Å²) in [6.07, 6.45) is -2.55. The second kappa shape index (κ2) is 8.14. The minimum atomic E-state index is -4.39. The molecule has 0 aromatic heterocycles. The van der Waals surface area contributed by atoms with Crippen LogP contribution in [0.15, 0.2) is 24.3 Å². The minimum Gasteiger partial charge on any atom is -0.372 e. The summed E-state index contributed by atoms with van der Waals surface area (Å²) in [7, 11) is 0. The molecule has 1 N–H and O–H groups in total. The topological polar surface area (TPSA) is 58.6 Å². The lowest BCUT2D eigenvalue weighted by Gasteiger charge is -2.15. The number of anilines is 1. The zero-order valence-electron chi connectivity index (χ0n) is 13.1. The van der Waals surface area contributed by atoms with Crippen molar-refractivity contribution < 1.29 is 27.5 Å². The largest absolute Gasteiger partial charge is 0.411 e. The van der Waals surface area contributed by atoms with E-state index in [1.807, 2.05) is 0 Å².